The number of carbonyl (C=O) groups is 1. The van der Waals surface area contributed by atoms with Crippen LogP contribution in [0.25, 0.3) is 5.57 Å². The second-order valence-corrected chi connectivity index (χ2v) is 7.38. The van der Waals surface area contributed by atoms with Gasteiger partial charge in [0.2, 0.25) is 0 Å². The van der Waals surface area contributed by atoms with Crippen LogP contribution in [0.4, 0.5) is 0 Å². The van der Waals surface area contributed by atoms with Gasteiger partial charge in [0, 0.05) is 10.4 Å². The molecule has 3 heteroatoms. The van der Waals surface area contributed by atoms with Crippen LogP contribution in [-0.2, 0) is 11.3 Å². The van der Waals surface area contributed by atoms with E-state index in [2.05, 4.69) is 38.1 Å². The number of amides is 1. The summed E-state index contributed by atoms with van der Waals surface area (Å²) in [5.74, 6) is 0.205. The fourth-order valence-corrected chi connectivity index (χ4v) is 3.23. The Kier molecular flexibility index (Phi) is 3.29. The minimum absolute atomic E-state index is 0.108. The van der Waals surface area contributed by atoms with Crippen LogP contribution in [0, 0.1) is 10.8 Å². The van der Waals surface area contributed by atoms with Gasteiger partial charge in [-0.2, -0.15) is 4.58 Å². The number of hydrogen-bond acceptors (Lipinski definition) is 2. The summed E-state index contributed by atoms with van der Waals surface area (Å²) >= 11 is 1.69. The zero-order valence-corrected chi connectivity index (χ0v) is 13.2. The lowest BCUT2D eigenvalue weighted by Crippen LogP contribution is -2.36. The number of hydrogen-bond donors (Lipinski definition) is 0. The molecule has 0 saturated heterocycles. The average Bonchev–Trinajstić information content (AvgIpc) is 2.79. The van der Waals surface area contributed by atoms with Crippen molar-refractivity contribution in [1.29, 1.82) is 0 Å². The molecule has 0 radical (unpaired) electrons. The quantitative estimate of drug-likeness (QED) is 0.765. The standard InChI is InChI=1S/C16H22NOS/c1-11(2)13-12(7-8-19-13)9-17-10-15(3,4)16(5,6)14(17)18/h7-8,10H,1,9H2,2-6H3/q+1. The molecule has 0 N–H and O–H groups in total. The van der Waals surface area contributed by atoms with E-state index in [-0.39, 0.29) is 16.7 Å². The van der Waals surface area contributed by atoms with Crippen LogP contribution < -0.4 is 0 Å². The highest BCUT2D eigenvalue weighted by Crippen LogP contribution is 2.42. The summed E-state index contributed by atoms with van der Waals surface area (Å²) in [6, 6.07) is 2.09. The van der Waals surface area contributed by atoms with Crippen LogP contribution in [0.3, 0.4) is 0 Å². The van der Waals surface area contributed by atoms with Crippen molar-refractivity contribution in [1.82, 2.24) is 0 Å². The minimum atomic E-state index is -0.341. The van der Waals surface area contributed by atoms with Gasteiger partial charge in [0.15, 0.2) is 12.8 Å². The van der Waals surface area contributed by atoms with Gasteiger partial charge >= 0.3 is 5.91 Å². The molecule has 19 heavy (non-hydrogen) atoms. The first-order valence-corrected chi connectivity index (χ1v) is 7.44. The van der Waals surface area contributed by atoms with Gasteiger partial charge in [-0.25, -0.2) is 4.79 Å². The van der Waals surface area contributed by atoms with E-state index in [0.717, 1.165) is 5.57 Å². The summed E-state index contributed by atoms with van der Waals surface area (Å²) in [5.41, 5.74) is 1.81. The Labute approximate surface area is 119 Å². The van der Waals surface area contributed by atoms with E-state index < -0.39 is 0 Å². The zero-order valence-electron chi connectivity index (χ0n) is 12.4. The van der Waals surface area contributed by atoms with E-state index in [4.69, 9.17) is 0 Å². The fraction of sp³-hybridized carbons (Fsp3) is 0.500. The third-order valence-corrected chi connectivity index (χ3v) is 5.48. The molecule has 0 fully saturated rings. The highest BCUT2D eigenvalue weighted by molar-refractivity contribution is 7.11. The van der Waals surface area contributed by atoms with Gasteiger partial charge in [-0.15, -0.1) is 11.3 Å². The molecule has 1 aliphatic rings. The first kappa shape index (κ1) is 14.2. The molecule has 2 nitrogen and oxygen atoms in total. The number of allylic oxidation sites excluding steroid dienone is 1. The van der Waals surface area contributed by atoms with Crippen molar-refractivity contribution in [2.75, 3.05) is 0 Å². The highest BCUT2D eigenvalue weighted by atomic mass is 32.1. The Balaban J connectivity index is 2.33. The summed E-state index contributed by atoms with van der Waals surface area (Å²) in [4.78, 5) is 13.7. The molecule has 0 spiro atoms. The lowest BCUT2D eigenvalue weighted by molar-refractivity contribution is -0.459. The van der Waals surface area contributed by atoms with Crippen LogP contribution in [-0.4, -0.2) is 16.7 Å². The maximum atomic E-state index is 12.5. The third kappa shape index (κ3) is 2.20. The van der Waals surface area contributed by atoms with Gasteiger partial charge in [-0.05, 0) is 51.6 Å². The molecule has 2 heterocycles. The first-order valence-electron chi connectivity index (χ1n) is 6.56. The summed E-state index contributed by atoms with van der Waals surface area (Å²) in [5, 5.41) is 2.07. The normalized spacial score (nSPS) is 20.5. The maximum absolute atomic E-state index is 12.5. The molecule has 1 aromatic heterocycles. The molecule has 0 saturated carbocycles. The van der Waals surface area contributed by atoms with Crippen molar-refractivity contribution in [2.45, 2.75) is 41.2 Å². The molecular weight excluding hydrogens is 254 g/mol. The lowest BCUT2D eigenvalue weighted by Gasteiger charge is -2.25. The van der Waals surface area contributed by atoms with Crippen LogP contribution >= 0.6 is 11.3 Å². The topological polar surface area (TPSA) is 20.1 Å². The number of rotatable bonds is 3. The molecule has 1 aromatic rings. The van der Waals surface area contributed by atoms with E-state index in [1.165, 1.54) is 10.4 Å². The van der Waals surface area contributed by atoms with Crippen molar-refractivity contribution in [3.8, 4) is 0 Å². The highest BCUT2D eigenvalue weighted by Gasteiger charge is 2.55. The molecule has 0 aliphatic carbocycles. The van der Waals surface area contributed by atoms with Crippen LogP contribution in [0.2, 0.25) is 0 Å². The van der Waals surface area contributed by atoms with Crippen LogP contribution in [0.1, 0.15) is 45.1 Å². The van der Waals surface area contributed by atoms with E-state index >= 15 is 0 Å². The third-order valence-electron chi connectivity index (χ3n) is 4.36. The van der Waals surface area contributed by atoms with Gasteiger partial charge in [0.25, 0.3) is 0 Å². The molecule has 2 rings (SSSR count). The monoisotopic (exact) mass is 276 g/mol. The second kappa shape index (κ2) is 4.41. The fourth-order valence-electron chi connectivity index (χ4n) is 2.38. The Morgan fingerprint density at radius 3 is 2.47 bits per heavy atom. The van der Waals surface area contributed by atoms with Crippen LogP contribution in [0.15, 0.2) is 18.0 Å². The zero-order chi connectivity index (χ0) is 14.4. The van der Waals surface area contributed by atoms with Gasteiger partial charge in [0.05, 0.1) is 5.41 Å². The van der Waals surface area contributed by atoms with Crippen molar-refractivity contribution >= 4 is 29.0 Å². The second-order valence-electron chi connectivity index (χ2n) is 6.46. The summed E-state index contributed by atoms with van der Waals surface area (Å²) in [7, 11) is 0. The molecule has 102 valence electrons. The Morgan fingerprint density at radius 2 is 2.00 bits per heavy atom. The molecular formula is C16H22NOS+. The van der Waals surface area contributed by atoms with Gasteiger partial charge in [-0.3, -0.25) is 0 Å². The molecule has 0 atom stereocenters. The average molecular weight is 276 g/mol. The van der Waals surface area contributed by atoms with Gasteiger partial charge < -0.3 is 0 Å². The summed E-state index contributed by atoms with van der Waals surface area (Å²) < 4.78 is 1.87. The number of carbonyl (C=O) groups excluding carboxylic acids is 1. The molecule has 0 bridgehead atoms. The smallest absolute Gasteiger partial charge is 0.219 e. The van der Waals surface area contributed by atoms with E-state index in [1.807, 2.05) is 25.3 Å². The lowest BCUT2D eigenvalue weighted by atomic mass is 9.70. The molecule has 1 amide bonds. The largest absolute Gasteiger partial charge is 0.393 e. The molecule has 0 unspecified atom stereocenters. The number of thiophene rings is 1. The Morgan fingerprint density at radius 1 is 1.37 bits per heavy atom. The van der Waals surface area contributed by atoms with E-state index in [9.17, 15) is 4.79 Å². The predicted molar refractivity (Wildman–Crippen MR) is 81.6 cm³/mol. The van der Waals surface area contributed by atoms with Crippen LogP contribution in [0.5, 0.6) is 0 Å². The van der Waals surface area contributed by atoms with Crippen molar-refractivity contribution < 1.29 is 9.37 Å². The van der Waals surface area contributed by atoms with Crippen molar-refractivity contribution in [3.63, 3.8) is 0 Å². The van der Waals surface area contributed by atoms with Gasteiger partial charge in [0.1, 0.15) is 5.41 Å². The van der Waals surface area contributed by atoms with E-state index in [1.54, 1.807) is 11.3 Å². The van der Waals surface area contributed by atoms with Crippen molar-refractivity contribution in [3.05, 3.63) is 28.5 Å². The molecule has 0 aromatic carbocycles. The Hall–Kier alpha value is -1.22. The maximum Gasteiger partial charge on any atom is 0.393 e. The first-order chi connectivity index (χ1) is 8.67. The predicted octanol–water partition coefficient (Wildman–Crippen LogP) is 3.96. The van der Waals surface area contributed by atoms with Crippen molar-refractivity contribution in [2.24, 2.45) is 10.8 Å². The summed E-state index contributed by atoms with van der Waals surface area (Å²) in [6.07, 6.45) is 2.08. The Bertz CT molecular complexity index is 575. The number of nitrogens with zero attached hydrogens (tertiary/aromatic N) is 1. The minimum Gasteiger partial charge on any atom is -0.219 e. The summed E-state index contributed by atoms with van der Waals surface area (Å²) in [6.45, 7) is 15.0. The van der Waals surface area contributed by atoms with E-state index in [0.29, 0.717) is 6.54 Å². The SMILES string of the molecule is C=C(C)c1sccc1C[N+]1=CC(C)(C)C(C)(C)C1=O. The molecule has 1 aliphatic heterocycles. The van der Waals surface area contributed by atoms with Gasteiger partial charge in [-0.1, -0.05) is 6.58 Å².